The van der Waals surface area contributed by atoms with Crippen molar-refractivity contribution in [1.29, 1.82) is 0 Å². The molecule has 0 atom stereocenters. The summed E-state index contributed by atoms with van der Waals surface area (Å²) in [5, 5.41) is 0. The van der Waals surface area contributed by atoms with Gasteiger partial charge in [-0.05, 0) is 26.7 Å². The van der Waals surface area contributed by atoms with Gasteiger partial charge in [-0.2, -0.15) is 0 Å². The zero-order chi connectivity index (χ0) is 10.6. The molecule has 0 aromatic rings. The quantitative estimate of drug-likeness (QED) is 0.694. The van der Waals surface area contributed by atoms with E-state index in [-0.39, 0.29) is 5.91 Å². The summed E-state index contributed by atoms with van der Waals surface area (Å²) in [5.41, 5.74) is 0. The van der Waals surface area contributed by atoms with E-state index in [9.17, 15) is 4.79 Å². The molecule has 0 aromatic carbocycles. The molecule has 1 heterocycles. The molecule has 1 rings (SSSR count). The number of hydrogen-bond donors (Lipinski definition) is 0. The first-order valence-electron chi connectivity index (χ1n) is 5.56. The average Bonchev–Trinajstić information content (AvgIpc) is 2.17. The molecule has 14 heavy (non-hydrogen) atoms. The van der Waals surface area contributed by atoms with Gasteiger partial charge in [-0.3, -0.25) is 4.79 Å². The van der Waals surface area contributed by atoms with Gasteiger partial charge in [-0.15, -0.1) is 0 Å². The Morgan fingerprint density at radius 2 is 2.00 bits per heavy atom. The summed E-state index contributed by atoms with van der Waals surface area (Å²) in [7, 11) is 0. The van der Waals surface area contributed by atoms with Gasteiger partial charge in [0.2, 0.25) is 5.91 Å². The summed E-state index contributed by atoms with van der Waals surface area (Å²) in [6.07, 6.45) is 3.26. The lowest BCUT2D eigenvalue weighted by atomic mass is 10.1. The van der Waals surface area contributed by atoms with Crippen molar-refractivity contribution in [3.05, 3.63) is 0 Å². The summed E-state index contributed by atoms with van der Waals surface area (Å²) < 4.78 is 5.71. The molecule has 82 valence electrons. The maximum absolute atomic E-state index is 11.4. The molecule has 0 bridgehead atoms. The molecule has 1 aliphatic heterocycles. The molecule has 0 saturated carbocycles. The van der Waals surface area contributed by atoms with Crippen LogP contribution in [-0.2, 0) is 9.53 Å². The number of piperidine rings is 1. The van der Waals surface area contributed by atoms with Gasteiger partial charge in [0, 0.05) is 19.5 Å². The monoisotopic (exact) mass is 199 g/mol. The standard InChI is InChI=1S/C11H21NO2/c1-4-11(13)12-7-5-10(6-8-12)14-9(2)3/h9-10H,4-8H2,1-3H3. The molecule has 0 aromatic heterocycles. The molecule has 1 fully saturated rings. The topological polar surface area (TPSA) is 29.5 Å². The Hall–Kier alpha value is -0.570. The van der Waals surface area contributed by atoms with E-state index in [0.29, 0.717) is 18.6 Å². The molecule has 0 unspecified atom stereocenters. The Labute approximate surface area is 86.4 Å². The highest BCUT2D eigenvalue weighted by molar-refractivity contribution is 5.75. The minimum atomic E-state index is 0.271. The van der Waals surface area contributed by atoms with Gasteiger partial charge in [-0.1, -0.05) is 6.92 Å². The highest BCUT2D eigenvalue weighted by Gasteiger charge is 2.22. The zero-order valence-corrected chi connectivity index (χ0v) is 9.45. The third kappa shape index (κ3) is 3.29. The van der Waals surface area contributed by atoms with Gasteiger partial charge in [0.1, 0.15) is 0 Å². The Bertz CT molecular complexity index is 184. The van der Waals surface area contributed by atoms with Crippen molar-refractivity contribution in [2.75, 3.05) is 13.1 Å². The van der Waals surface area contributed by atoms with Crippen LogP contribution in [0.15, 0.2) is 0 Å². The molecule has 0 N–H and O–H groups in total. The van der Waals surface area contributed by atoms with Crippen molar-refractivity contribution in [2.45, 2.75) is 52.2 Å². The molecule has 1 saturated heterocycles. The predicted molar refractivity (Wildman–Crippen MR) is 56.1 cm³/mol. The van der Waals surface area contributed by atoms with Crippen molar-refractivity contribution in [1.82, 2.24) is 4.90 Å². The molecule has 1 aliphatic rings. The van der Waals surface area contributed by atoms with Crippen LogP contribution in [0.3, 0.4) is 0 Å². The summed E-state index contributed by atoms with van der Waals surface area (Å²) in [4.78, 5) is 13.3. The van der Waals surface area contributed by atoms with Crippen LogP contribution in [0.4, 0.5) is 0 Å². The van der Waals surface area contributed by atoms with E-state index in [1.165, 1.54) is 0 Å². The van der Waals surface area contributed by atoms with Gasteiger partial charge >= 0.3 is 0 Å². The average molecular weight is 199 g/mol. The second-order valence-electron chi connectivity index (χ2n) is 4.12. The number of likely N-dealkylation sites (tertiary alicyclic amines) is 1. The molecular weight excluding hydrogens is 178 g/mol. The smallest absolute Gasteiger partial charge is 0.222 e. The van der Waals surface area contributed by atoms with Crippen LogP contribution in [-0.4, -0.2) is 36.1 Å². The second-order valence-corrected chi connectivity index (χ2v) is 4.12. The molecule has 0 radical (unpaired) electrons. The van der Waals surface area contributed by atoms with Crippen LogP contribution < -0.4 is 0 Å². The molecule has 0 spiro atoms. The van der Waals surface area contributed by atoms with Crippen LogP contribution in [0.5, 0.6) is 0 Å². The summed E-state index contributed by atoms with van der Waals surface area (Å²) in [5.74, 6) is 0.271. The van der Waals surface area contributed by atoms with Gasteiger partial charge in [0.15, 0.2) is 0 Å². The van der Waals surface area contributed by atoms with E-state index >= 15 is 0 Å². The van der Waals surface area contributed by atoms with E-state index in [4.69, 9.17) is 4.74 Å². The maximum atomic E-state index is 11.4. The van der Waals surface area contributed by atoms with E-state index in [1.54, 1.807) is 0 Å². The van der Waals surface area contributed by atoms with Crippen LogP contribution in [0.2, 0.25) is 0 Å². The van der Waals surface area contributed by atoms with Crippen molar-refractivity contribution >= 4 is 5.91 Å². The minimum absolute atomic E-state index is 0.271. The number of amides is 1. The van der Waals surface area contributed by atoms with Gasteiger partial charge in [0.05, 0.1) is 12.2 Å². The molecule has 3 heteroatoms. The molecule has 3 nitrogen and oxygen atoms in total. The lowest BCUT2D eigenvalue weighted by molar-refractivity contribution is -0.134. The van der Waals surface area contributed by atoms with Crippen molar-refractivity contribution in [3.63, 3.8) is 0 Å². The van der Waals surface area contributed by atoms with Crippen molar-refractivity contribution in [2.24, 2.45) is 0 Å². The lowest BCUT2D eigenvalue weighted by Crippen LogP contribution is -2.41. The Morgan fingerprint density at radius 3 is 2.43 bits per heavy atom. The third-order valence-electron chi connectivity index (χ3n) is 2.56. The van der Waals surface area contributed by atoms with Crippen LogP contribution in [0.1, 0.15) is 40.0 Å². The van der Waals surface area contributed by atoms with Crippen LogP contribution >= 0.6 is 0 Å². The highest BCUT2D eigenvalue weighted by atomic mass is 16.5. The van der Waals surface area contributed by atoms with E-state index < -0.39 is 0 Å². The third-order valence-corrected chi connectivity index (χ3v) is 2.56. The second kappa shape index (κ2) is 5.35. The Morgan fingerprint density at radius 1 is 1.43 bits per heavy atom. The number of hydrogen-bond acceptors (Lipinski definition) is 2. The summed E-state index contributed by atoms with van der Waals surface area (Å²) in [6.45, 7) is 7.76. The first-order valence-corrected chi connectivity index (χ1v) is 5.56. The van der Waals surface area contributed by atoms with Crippen molar-refractivity contribution in [3.8, 4) is 0 Å². The van der Waals surface area contributed by atoms with E-state index in [2.05, 4.69) is 13.8 Å². The van der Waals surface area contributed by atoms with Gasteiger partial charge in [0.25, 0.3) is 0 Å². The predicted octanol–water partition coefficient (Wildman–Crippen LogP) is 1.81. The highest BCUT2D eigenvalue weighted by Crippen LogP contribution is 2.15. The maximum Gasteiger partial charge on any atom is 0.222 e. The number of ether oxygens (including phenoxy) is 1. The first-order chi connectivity index (χ1) is 6.63. The molecule has 0 aliphatic carbocycles. The number of carbonyl (C=O) groups excluding carboxylic acids is 1. The Balaban J connectivity index is 2.27. The fourth-order valence-electron chi connectivity index (χ4n) is 1.85. The lowest BCUT2D eigenvalue weighted by Gasteiger charge is -2.32. The van der Waals surface area contributed by atoms with Crippen LogP contribution in [0, 0.1) is 0 Å². The summed E-state index contributed by atoms with van der Waals surface area (Å²) >= 11 is 0. The van der Waals surface area contributed by atoms with Crippen molar-refractivity contribution < 1.29 is 9.53 Å². The zero-order valence-electron chi connectivity index (χ0n) is 9.45. The minimum Gasteiger partial charge on any atom is -0.375 e. The number of rotatable bonds is 3. The summed E-state index contributed by atoms with van der Waals surface area (Å²) in [6, 6.07) is 0. The van der Waals surface area contributed by atoms with Gasteiger partial charge < -0.3 is 9.64 Å². The molecular formula is C11H21NO2. The number of nitrogens with zero attached hydrogens (tertiary/aromatic N) is 1. The van der Waals surface area contributed by atoms with Gasteiger partial charge in [-0.25, -0.2) is 0 Å². The van der Waals surface area contributed by atoms with Crippen LogP contribution in [0.25, 0.3) is 0 Å². The first kappa shape index (κ1) is 11.5. The van der Waals surface area contributed by atoms with E-state index in [0.717, 1.165) is 25.9 Å². The number of carbonyl (C=O) groups is 1. The Kier molecular flexibility index (Phi) is 4.39. The normalized spacial score (nSPS) is 19.0. The molecule has 1 amide bonds. The fraction of sp³-hybridized carbons (Fsp3) is 0.909. The van der Waals surface area contributed by atoms with E-state index in [1.807, 2.05) is 11.8 Å². The largest absolute Gasteiger partial charge is 0.375 e. The fourth-order valence-corrected chi connectivity index (χ4v) is 1.85. The SMILES string of the molecule is CCC(=O)N1CCC(OC(C)C)CC1.